The molecule has 4 nitrogen and oxygen atoms in total. The van der Waals surface area contributed by atoms with E-state index in [2.05, 4.69) is 5.16 Å². The van der Waals surface area contributed by atoms with Crippen molar-refractivity contribution in [2.75, 3.05) is 0 Å². The molecule has 0 spiro atoms. The minimum atomic E-state index is -0.760. The Labute approximate surface area is 89.3 Å². The fourth-order valence-corrected chi connectivity index (χ4v) is 1.61. The summed E-state index contributed by atoms with van der Waals surface area (Å²) in [7, 11) is 0. The normalized spacial score (nSPS) is 13.1. The van der Waals surface area contributed by atoms with Crippen LogP contribution in [0, 0.1) is 18.8 Å². The number of carboxylic acid groups (broad SMARTS) is 1. The standard InChI is InChI=1S/C11H17NO3/c1-7(2)4-9(11(13)14)6-10-5-8(3)15-12-10/h5,7,9H,4,6H2,1-3H3,(H,13,14). The third-order valence-electron chi connectivity index (χ3n) is 2.24. The highest BCUT2D eigenvalue weighted by molar-refractivity contribution is 5.70. The first-order valence-electron chi connectivity index (χ1n) is 5.14. The van der Waals surface area contributed by atoms with Crippen molar-refractivity contribution in [3.63, 3.8) is 0 Å². The molecule has 1 N–H and O–H groups in total. The van der Waals surface area contributed by atoms with E-state index in [4.69, 9.17) is 9.63 Å². The Morgan fingerprint density at radius 1 is 1.60 bits per heavy atom. The molecule has 15 heavy (non-hydrogen) atoms. The third kappa shape index (κ3) is 3.73. The van der Waals surface area contributed by atoms with E-state index < -0.39 is 5.97 Å². The summed E-state index contributed by atoms with van der Waals surface area (Å²) in [6, 6.07) is 1.79. The Balaban J connectivity index is 2.62. The van der Waals surface area contributed by atoms with Gasteiger partial charge in [0.05, 0.1) is 11.6 Å². The van der Waals surface area contributed by atoms with Crippen LogP contribution in [0.25, 0.3) is 0 Å². The van der Waals surface area contributed by atoms with Gasteiger partial charge in [-0.25, -0.2) is 0 Å². The molecule has 1 heterocycles. The highest BCUT2D eigenvalue weighted by atomic mass is 16.5. The van der Waals surface area contributed by atoms with E-state index in [9.17, 15) is 4.79 Å². The van der Waals surface area contributed by atoms with E-state index in [1.807, 2.05) is 13.8 Å². The van der Waals surface area contributed by atoms with Crippen molar-refractivity contribution in [3.8, 4) is 0 Å². The number of carbonyl (C=O) groups is 1. The zero-order valence-corrected chi connectivity index (χ0v) is 9.36. The van der Waals surface area contributed by atoms with E-state index in [1.165, 1.54) is 0 Å². The molecule has 0 aliphatic carbocycles. The van der Waals surface area contributed by atoms with Crippen LogP contribution < -0.4 is 0 Å². The summed E-state index contributed by atoms with van der Waals surface area (Å²) in [5.41, 5.74) is 0.723. The SMILES string of the molecule is Cc1cc(CC(CC(C)C)C(=O)O)no1. The summed E-state index contributed by atoms with van der Waals surface area (Å²) in [6.07, 6.45) is 1.12. The van der Waals surface area contributed by atoms with Crippen LogP contribution in [-0.4, -0.2) is 16.2 Å². The second-order valence-electron chi connectivity index (χ2n) is 4.30. The number of carboxylic acids is 1. The topological polar surface area (TPSA) is 63.3 Å². The number of rotatable bonds is 5. The molecule has 1 rings (SSSR count). The minimum Gasteiger partial charge on any atom is -0.481 e. The molecule has 1 atom stereocenters. The van der Waals surface area contributed by atoms with Gasteiger partial charge in [-0.2, -0.15) is 0 Å². The number of hydrogen-bond acceptors (Lipinski definition) is 3. The van der Waals surface area contributed by atoms with E-state index in [1.54, 1.807) is 13.0 Å². The van der Waals surface area contributed by atoms with Crippen LogP contribution >= 0.6 is 0 Å². The minimum absolute atomic E-state index is 0.366. The number of nitrogens with zero attached hydrogens (tertiary/aromatic N) is 1. The molecule has 0 fully saturated rings. The predicted octanol–water partition coefficient (Wildman–Crippen LogP) is 2.27. The van der Waals surface area contributed by atoms with E-state index in [-0.39, 0.29) is 5.92 Å². The summed E-state index contributed by atoms with van der Waals surface area (Å²) < 4.78 is 4.91. The van der Waals surface area contributed by atoms with Crippen molar-refractivity contribution in [2.24, 2.45) is 11.8 Å². The fourth-order valence-electron chi connectivity index (χ4n) is 1.61. The van der Waals surface area contributed by atoms with Gasteiger partial charge in [-0.15, -0.1) is 0 Å². The van der Waals surface area contributed by atoms with Gasteiger partial charge in [-0.1, -0.05) is 19.0 Å². The molecule has 0 aliphatic heterocycles. The molecule has 4 heteroatoms. The van der Waals surface area contributed by atoms with Crippen molar-refractivity contribution in [1.29, 1.82) is 0 Å². The average Bonchev–Trinajstić information content (AvgIpc) is 2.49. The lowest BCUT2D eigenvalue weighted by Crippen LogP contribution is -2.18. The van der Waals surface area contributed by atoms with Crippen LogP contribution in [0.1, 0.15) is 31.7 Å². The average molecular weight is 211 g/mol. The summed E-state index contributed by atoms with van der Waals surface area (Å²) in [6.45, 7) is 5.84. The molecule has 1 aromatic rings. The quantitative estimate of drug-likeness (QED) is 0.811. The first-order chi connectivity index (χ1) is 6.99. The van der Waals surface area contributed by atoms with Crippen molar-refractivity contribution in [2.45, 2.75) is 33.6 Å². The van der Waals surface area contributed by atoms with Crippen LogP contribution in [0.2, 0.25) is 0 Å². The van der Waals surface area contributed by atoms with Crippen LogP contribution in [0.3, 0.4) is 0 Å². The molecule has 0 saturated carbocycles. The van der Waals surface area contributed by atoms with Crippen LogP contribution in [0.15, 0.2) is 10.6 Å². The number of aryl methyl sites for hydroxylation is 1. The maximum Gasteiger partial charge on any atom is 0.306 e. The van der Waals surface area contributed by atoms with Gasteiger partial charge in [-0.05, 0) is 19.3 Å². The molecular formula is C11H17NO3. The van der Waals surface area contributed by atoms with Crippen LogP contribution in [0.4, 0.5) is 0 Å². The summed E-state index contributed by atoms with van der Waals surface area (Å²) in [4.78, 5) is 11.0. The number of aliphatic carboxylic acids is 1. The van der Waals surface area contributed by atoms with Crippen molar-refractivity contribution >= 4 is 5.97 Å². The predicted molar refractivity (Wildman–Crippen MR) is 55.5 cm³/mol. The third-order valence-corrected chi connectivity index (χ3v) is 2.24. The van der Waals surface area contributed by atoms with E-state index in [0.29, 0.717) is 18.8 Å². The van der Waals surface area contributed by atoms with Gasteiger partial charge in [-0.3, -0.25) is 4.79 Å². The zero-order valence-electron chi connectivity index (χ0n) is 9.36. The Hall–Kier alpha value is -1.32. The Kier molecular flexibility index (Phi) is 3.88. The molecule has 0 radical (unpaired) electrons. The molecule has 0 aliphatic rings. The van der Waals surface area contributed by atoms with Crippen LogP contribution in [0.5, 0.6) is 0 Å². The Morgan fingerprint density at radius 3 is 2.67 bits per heavy atom. The molecule has 1 aromatic heterocycles. The van der Waals surface area contributed by atoms with Gasteiger partial charge >= 0.3 is 5.97 Å². The summed E-state index contributed by atoms with van der Waals surface area (Å²) >= 11 is 0. The molecular weight excluding hydrogens is 194 g/mol. The lowest BCUT2D eigenvalue weighted by molar-refractivity contribution is -0.142. The van der Waals surface area contributed by atoms with Crippen LogP contribution in [-0.2, 0) is 11.2 Å². The Morgan fingerprint density at radius 2 is 2.27 bits per heavy atom. The molecule has 84 valence electrons. The molecule has 1 unspecified atom stereocenters. The first kappa shape index (κ1) is 11.8. The zero-order chi connectivity index (χ0) is 11.4. The monoisotopic (exact) mass is 211 g/mol. The highest BCUT2D eigenvalue weighted by Crippen LogP contribution is 2.17. The van der Waals surface area contributed by atoms with E-state index >= 15 is 0 Å². The number of hydrogen-bond donors (Lipinski definition) is 1. The van der Waals surface area contributed by atoms with Crippen molar-refractivity contribution < 1.29 is 14.4 Å². The summed E-state index contributed by atoms with van der Waals surface area (Å²) in [5, 5.41) is 12.8. The second kappa shape index (κ2) is 4.96. The Bertz CT molecular complexity index is 330. The van der Waals surface area contributed by atoms with Gasteiger partial charge in [0.1, 0.15) is 5.76 Å². The fraction of sp³-hybridized carbons (Fsp3) is 0.636. The molecule has 0 aromatic carbocycles. The van der Waals surface area contributed by atoms with Gasteiger partial charge in [0.15, 0.2) is 0 Å². The summed E-state index contributed by atoms with van der Waals surface area (Å²) in [5.74, 6) is -0.0309. The molecule has 0 saturated heterocycles. The number of aromatic nitrogens is 1. The highest BCUT2D eigenvalue weighted by Gasteiger charge is 2.20. The first-order valence-corrected chi connectivity index (χ1v) is 5.14. The second-order valence-corrected chi connectivity index (χ2v) is 4.30. The molecule has 0 bridgehead atoms. The van der Waals surface area contributed by atoms with Gasteiger partial charge in [0, 0.05) is 12.5 Å². The van der Waals surface area contributed by atoms with Gasteiger partial charge in [0.25, 0.3) is 0 Å². The smallest absolute Gasteiger partial charge is 0.306 e. The maximum absolute atomic E-state index is 11.0. The lowest BCUT2D eigenvalue weighted by Gasteiger charge is -2.12. The van der Waals surface area contributed by atoms with E-state index in [0.717, 1.165) is 11.5 Å². The molecule has 0 amide bonds. The van der Waals surface area contributed by atoms with Crippen molar-refractivity contribution in [1.82, 2.24) is 5.16 Å². The largest absolute Gasteiger partial charge is 0.481 e. The lowest BCUT2D eigenvalue weighted by atomic mass is 9.93. The maximum atomic E-state index is 11.0. The van der Waals surface area contributed by atoms with Gasteiger partial charge < -0.3 is 9.63 Å². The van der Waals surface area contributed by atoms with Crippen molar-refractivity contribution in [3.05, 3.63) is 17.5 Å². The van der Waals surface area contributed by atoms with Gasteiger partial charge in [0.2, 0.25) is 0 Å².